The molecular weight excluding hydrogens is 425 g/mol. The number of halogens is 1. The molecule has 3 aromatic carbocycles. The highest BCUT2D eigenvalue weighted by molar-refractivity contribution is 5.98. The standard InChI is InChI=1S/C30H34FNO2/c1-3-29(24-7-5-4-6-8-24)30(25-9-13-27(33)14-10-25)26-11-15-28(16-12-26)34-21-22(2)32-18-17-23(19-31)20-32/h4-16,22-23,33H,3,17-21H2,1-2H3. The van der Waals surface area contributed by atoms with E-state index < -0.39 is 0 Å². The molecule has 34 heavy (non-hydrogen) atoms. The Morgan fingerprint density at radius 2 is 1.62 bits per heavy atom. The van der Waals surface area contributed by atoms with E-state index in [-0.39, 0.29) is 24.4 Å². The number of nitrogens with zero attached hydrogens (tertiary/aromatic N) is 1. The minimum Gasteiger partial charge on any atom is -0.508 e. The summed E-state index contributed by atoms with van der Waals surface area (Å²) in [5.41, 5.74) is 5.78. The van der Waals surface area contributed by atoms with Gasteiger partial charge in [0, 0.05) is 18.5 Å². The van der Waals surface area contributed by atoms with E-state index in [1.807, 2.05) is 30.3 Å². The van der Waals surface area contributed by atoms with Crippen molar-refractivity contribution in [3.05, 3.63) is 95.6 Å². The predicted octanol–water partition coefficient (Wildman–Crippen LogP) is 6.82. The molecule has 3 nitrogen and oxygen atoms in total. The average Bonchev–Trinajstić information content (AvgIpc) is 3.37. The van der Waals surface area contributed by atoms with E-state index in [0.29, 0.717) is 6.61 Å². The van der Waals surface area contributed by atoms with Crippen LogP contribution in [0, 0.1) is 5.92 Å². The summed E-state index contributed by atoms with van der Waals surface area (Å²) in [6.45, 7) is 6.44. The molecule has 1 heterocycles. The number of alkyl halides is 1. The third-order valence-electron chi connectivity index (χ3n) is 6.73. The van der Waals surface area contributed by atoms with Gasteiger partial charge in [-0.15, -0.1) is 0 Å². The van der Waals surface area contributed by atoms with Crippen LogP contribution >= 0.6 is 0 Å². The van der Waals surface area contributed by atoms with Crippen LogP contribution in [-0.4, -0.2) is 42.4 Å². The largest absolute Gasteiger partial charge is 0.508 e. The summed E-state index contributed by atoms with van der Waals surface area (Å²) in [6, 6.07) is 26.4. The number of likely N-dealkylation sites (tertiary alicyclic amines) is 1. The summed E-state index contributed by atoms with van der Waals surface area (Å²) in [6.07, 6.45) is 1.81. The highest BCUT2D eigenvalue weighted by atomic mass is 19.1. The van der Waals surface area contributed by atoms with Gasteiger partial charge in [-0.2, -0.15) is 0 Å². The van der Waals surface area contributed by atoms with Crippen molar-refractivity contribution >= 4 is 11.1 Å². The summed E-state index contributed by atoms with van der Waals surface area (Å²) in [7, 11) is 0. The van der Waals surface area contributed by atoms with Crippen LogP contribution in [0.4, 0.5) is 4.39 Å². The second-order valence-corrected chi connectivity index (χ2v) is 9.11. The zero-order valence-corrected chi connectivity index (χ0v) is 20.1. The van der Waals surface area contributed by atoms with Gasteiger partial charge in [0.15, 0.2) is 0 Å². The molecule has 3 aromatic rings. The fourth-order valence-corrected chi connectivity index (χ4v) is 4.74. The topological polar surface area (TPSA) is 32.7 Å². The Kier molecular flexibility index (Phi) is 8.02. The van der Waals surface area contributed by atoms with Gasteiger partial charge in [-0.25, -0.2) is 0 Å². The van der Waals surface area contributed by atoms with Gasteiger partial charge in [0.1, 0.15) is 18.1 Å². The minimum absolute atomic E-state index is 0.171. The molecule has 178 valence electrons. The molecule has 2 unspecified atom stereocenters. The first-order valence-electron chi connectivity index (χ1n) is 12.2. The summed E-state index contributed by atoms with van der Waals surface area (Å²) >= 11 is 0. The van der Waals surface area contributed by atoms with Crippen molar-refractivity contribution < 1.29 is 14.2 Å². The van der Waals surface area contributed by atoms with E-state index in [9.17, 15) is 9.50 Å². The number of ether oxygens (including phenoxy) is 1. The molecule has 1 fully saturated rings. The Bertz CT molecular complexity index is 1080. The molecule has 0 aromatic heterocycles. The number of benzene rings is 3. The van der Waals surface area contributed by atoms with E-state index >= 15 is 0 Å². The van der Waals surface area contributed by atoms with Crippen LogP contribution in [-0.2, 0) is 0 Å². The Balaban J connectivity index is 1.57. The van der Waals surface area contributed by atoms with Gasteiger partial charge in [0.25, 0.3) is 0 Å². The molecule has 0 bridgehead atoms. The number of hydrogen-bond donors (Lipinski definition) is 1. The third kappa shape index (κ3) is 5.68. The molecule has 1 aliphatic rings. The molecule has 2 atom stereocenters. The Labute approximate surface area is 202 Å². The monoisotopic (exact) mass is 459 g/mol. The summed E-state index contributed by atoms with van der Waals surface area (Å²) in [5.74, 6) is 1.26. The second kappa shape index (κ2) is 11.3. The van der Waals surface area contributed by atoms with E-state index in [4.69, 9.17) is 4.74 Å². The first-order valence-corrected chi connectivity index (χ1v) is 12.2. The van der Waals surface area contributed by atoms with Crippen LogP contribution in [0.15, 0.2) is 78.9 Å². The number of phenolic OH excluding ortho intramolecular Hbond substituents is 1. The van der Waals surface area contributed by atoms with Crippen LogP contribution in [0.25, 0.3) is 11.1 Å². The molecule has 1 aliphatic heterocycles. The fraction of sp³-hybridized carbons (Fsp3) is 0.333. The van der Waals surface area contributed by atoms with Crippen LogP contribution < -0.4 is 4.74 Å². The van der Waals surface area contributed by atoms with Crippen molar-refractivity contribution in [3.63, 3.8) is 0 Å². The van der Waals surface area contributed by atoms with Gasteiger partial charge in [-0.3, -0.25) is 9.29 Å². The maximum Gasteiger partial charge on any atom is 0.119 e. The first kappa shape index (κ1) is 24.0. The van der Waals surface area contributed by atoms with Crippen LogP contribution in [0.2, 0.25) is 0 Å². The van der Waals surface area contributed by atoms with Gasteiger partial charge in [0.2, 0.25) is 0 Å². The zero-order valence-electron chi connectivity index (χ0n) is 20.1. The molecule has 1 saturated heterocycles. The summed E-state index contributed by atoms with van der Waals surface area (Å²) in [5, 5.41) is 9.81. The molecule has 0 amide bonds. The summed E-state index contributed by atoms with van der Waals surface area (Å²) < 4.78 is 19.0. The molecular formula is C30H34FNO2. The Hall–Kier alpha value is -3.11. The number of phenols is 1. The second-order valence-electron chi connectivity index (χ2n) is 9.11. The van der Waals surface area contributed by atoms with Crippen molar-refractivity contribution in [2.75, 3.05) is 26.4 Å². The smallest absolute Gasteiger partial charge is 0.119 e. The first-order chi connectivity index (χ1) is 16.6. The zero-order chi connectivity index (χ0) is 23.9. The quantitative estimate of drug-likeness (QED) is 0.356. The maximum atomic E-state index is 12.9. The number of allylic oxidation sites excluding steroid dienone is 1. The lowest BCUT2D eigenvalue weighted by Gasteiger charge is -2.24. The Morgan fingerprint density at radius 3 is 2.21 bits per heavy atom. The SMILES string of the molecule is CCC(=C(c1ccc(O)cc1)c1ccc(OCC(C)N2CCC(CF)C2)cc1)c1ccccc1. The molecule has 4 heteroatoms. The third-order valence-corrected chi connectivity index (χ3v) is 6.73. The van der Waals surface area contributed by atoms with Crippen molar-refractivity contribution in [2.45, 2.75) is 32.7 Å². The van der Waals surface area contributed by atoms with Gasteiger partial charge in [0.05, 0.1) is 6.67 Å². The molecule has 4 rings (SSSR count). The Morgan fingerprint density at radius 1 is 0.971 bits per heavy atom. The minimum atomic E-state index is -0.231. The van der Waals surface area contributed by atoms with Crippen molar-refractivity contribution in [2.24, 2.45) is 5.92 Å². The summed E-state index contributed by atoms with van der Waals surface area (Å²) in [4.78, 5) is 2.32. The highest BCUT2D eigenvalue weighted by Crippen LogP contribution is 2.35. The average molecular weight is 460 g/mol. The number of aromatic hydroxyl groups is 1. The molecule has 0 aliphatic carbocycles. The fourth-order valence-electron chi connectivity index (χ4n) is 4.74. The van der Waals surface area contributed by atoms with Crippen molar-refractivity contribution in [1.82, 2.24) is 4.90 Å². The van der Waals surface area contributed by atoms with Crippen LogP contribution in [0.1, 0.15) is 43.4 Å². The predicted molar refractivity (Wildman–Crippen MR) is 138 cm³/mol. The normalized spacial score (nSPS) is 17.9. The van der Waals surface area contributed by atoms with E-state index in [2.05, 4.69) is 55.1 Å². The molecule has 1 N–H and O–H groups in total. The van der Waals surface area contributed by atoms with Gasteiger partial charge in [-0.1, -0.05) is 61.5 Å². The number of rotatable bonds is 9. The van der Waals surface area contributed by atoms with Gasteiger partial charge >= 0.3 is 0 Å². The van der Waals surface area contributed by atoms with E-state index in [0.717, 1.165) is 48.4 Å². The van der Waals surface area contributed by atoms with Crippen LogP contribution in [0.3, 0.4) is 0 Å². The lowest BCUT2D eigenvalue weighted by molar-refractivity contribution is 0.166. The molecule has 0 saturated carbocycles. The number of hydrogen-bond acceptors (Lipinski definition) is 3. The van der Waals surface area contributed by atoms with Crippen molar-refractivity contribution in [1.29, 1.82) is 0 Å². The molecule has 0 spiro atoms. The lowest BCUT2D eigenvalue weighted by atomic mass is 9.88. The molecule has 0 radical (unpaired) electrons. The van der Waals surface area contributed by atoms with Gasteiger partial charge < -0.3 is 9.84 Å². The van der Waals surface area contributed by atoms with E-state index in [1.54, 1.807) is 12.1 Å². The highest BCUT2D eigenvalue weighted by Gasteiger charge is 2.26. The maximum absolute atomic E-state index is 12.9. The lowest BCUT2D eigenvalue weighted by Crippen LogP contribution is -2.35. The van der Waals surface area contributed by atoms with Gasteiger partial charge in [-0.05, 0) is 78.4 Å². The van der Waals surface area contributed by atoms with E-state index in [1.165, 1.54) is 11.1 Å². The van der Waals surface area contributed by atoms with Crippen LogP contribution in [0.5, 0.6) is 11.5 Å². The van der Waals surface area contributed by atoms with Crippen molar-refractivity contribution in [3.8, 4) is 11.5 Å².